The Labute approximate surface area is 167 Å². The van der Waals surface area contributed by atoms with E-state index in [4.69, 9.17) is 4.74 Å². The van der Waals surface area contributed by atoms with Crippen LogP contribution >= 0.6 is 0 Å². The fraction of sp³-hybridized carbons (Fsp3) is 0.500. The lowest BCUT2D eigenvalue weighted by atomic mass is 9.74. The van der Waals surface area contributed by atoms with Crippen molar-refractivity contribution in [3.8, 4) is 11.1 Å². The summed E-state index contributed by atoms with van der Waals surface area (Å²) in [5.74, 6) is 0.235. The normalized spacial score (nSPS) is 19.9. The number of nitrogens with zero attached hydrogens (tertiary/aromatic N) is 1. The Balaban J connectivity index is 1.49. The van der Waals surface area contributed by atoms with E-state index in [1.165, 1.54) is 24.8 Å². The van der Waals surface area contributed by atoms with E-state index in [2.05, 4.69) is 40.6 Å². The molecule has 0 radical (unpaired) electrons. The van der Waals surface area contributed by atoms with Gasteiger partial charge in [0, 0.05) is 31.6 Å². The van der Waals surface area contributed by atoms with Crippen LogP contribution in [0.2, 0.25) is 0 Å². The third-order valence-corrected chi connectivity index (χ3v) is 6.36. The molecule has 1 aliphatic carbocycles. The molecule has 1 N–H and O–H groups in total. The average molecular weight is 379 g/mol. The van der Waals surface area contributed by atoms with Crippen LogP contribution in [-0.2, 0) is 16.0 Å². The van der Waals surface area contributed by atoms with Crippen LogP contribution < -0.4 is 5.32 Å². The lowest BCUT2D eigenvalue weighted by molar-refractivity contribution is -0.137. The second-order valence-corrected chi connectivity index (χ2v) is 8.32. The molecule has 2 aromatic rings. The molecule has 1 aliphatic heterocycles. The number of rotatable bonds is 5. The SMILES string of the molecule is O=C(NC1CCCCC1)C1(Cc2ccc(-c3cccnc3)cc2)CCOCC1. The highest BCUT2D eigenvalue weighted by Gasteiger charge is 2.40. The first-order valence-electron chi connectivity index (χ1n) is 10.6. The van der Waals surface area contributed by atoms with Crippen LogP contribution in [0.25, 0.3) is 11.1 Å². The molecule has 0 bridgehead atoms. The van der Waals surface area contributed by atoms with Gasteiger partial charge in [-0.25, -0.2) is 0 Å². The second-order valence-electron chi connectivity index (χ2n) is 8.32. The standard InChI is InChI=1S/C24H30N2O2/c27-23(26-22-6-2-1-3-7-22)24(12-15-28-16-13-24)17-19-8-10-20(11-9-19)21-5-4-14-25-18-21/h4-5,8-11,14,18,22H,1-3,6-7,12-13,15-17H2,(H,26,27). The molecule has 1 amide bonds. The quantitative estimate of drug-likeness (QED) is 0.831. The lowest BCUT2D eigenvalue weighted by Gasteiger charge is -2.37. The molecule has 2 aliphatic rings. The Bertz CT molecular complexity index is 761. The lowest BCUT2D eigenvalue weighted by Crippen LogP contribution is -2.49. The van der Waals surface area contributed by atoms with E-state index in [0.717, 1.165) is 43.2 Å². The predicted molar refractivity (Wildman–Crippen MR) is 111 cm³/mol. The first-order valence-corrected chi connectivity index (χ1v) is 10.6. The van der Waals surface area contributed by atoms with Gasteiger partial charge in [0.25, 0.3) is 0 Å². The molecular formula is C24H30N2O2. The largest absolute Gasteiger partial charge is 0.381 e. The number of aromatic nitrogens is 1. The van der Waals surface area contributed by atoms with Gasteiger partial charge in [-0.3, -0.25) is 9.78 Å². The minimum atomic E-state index is -0.342. The highest BCUT2D eigenvalue weighted by Crippen LogP contribution is 2.36. The fourth-order valence-corrected chi connectivity index (χ4v) is 4.57. The molecule has 28 heavy (non-hydrogen) atoms. The molecule has 4 rings (SSSR count). The summed E-state index contributed by atoms with van der Waals surface area (Å²) in [7, 11) is 0. The van der Waals surface area contributed by atoms with Crippen LogP contribution in [0.4, 0.5) is 0 Å². The van der Waals surface area contributed by atoms with E-state index in [9.17, 15) is 4.79 Å². The van der Waals surface area contributed by atoms with Crippen LogP contribution in [-0.4, -0.2) is 30.1 Å². The van der Waals surface area contributed by atoms with Gasteiger partial charge >= 0.3 is 0 Å². The molecular weight excluding hydrogens is 348 g/mol. The smallest absolute Gasteiger partial charge is 0.226 e. The molecule has 0 spiro atoms. The number of carbonyl (C=O) groups is 1. The Morgan fingerprint density at radius 1 is 1.04 bits per heavy atom. The topological polar surface area (TPSA) is 51.2 Å². The first-order chi connectivity index (χ1) is 13.8. The molecule has 1 aromatic heterocycles. The Morgan fingerprint density at radius 3 is 2.46 bits per heavy atom. The van der Waals surface area contributed by atoms with Crippen molar-refractivity contribution in [2.75, 3.05) is 13.2 Å². The number of ether oxygens (including phenoxy) is 1. The number of hydrogen-bond acceptors (Lipinski definition) is 3. The van der Waals surface area contributed by atoms with Gasteiger partial charge in [0.05, 0.1) is 5.41 Å². The molecule has 2 fully saturated rings. The zero-order chi connectivity index (χ0) is 19.2. The van der Waals surface area contributed by atoms with Crippen LogP contribution in [0.5, 0.6) is 0 Å². The van der Waals surface area contributed by atoms with Crippen molar-refractivity contribution in [3.05, 3.63) is 54.4 Å². The van der Waals surface area contributed by atoms with Gasteiger partial charge in [-0.1, -0.05) is 49.6 Å². The minimum absolute atomic E-state index is 0.235. The van der Waals surface area contributed by atoms with Crippen LogP contribution in [0, 0.1) is 5.41 Å². The number of pyridine rings is 1. The van der Waals surface area contributed by atoms with Crippen molar-refractivity contribution in [1.82, 2.24) is 10.3 Å². The highest BCUT2D eigenvalue weighted by molar-refractivity contribution is 5.83. The molecule has 2 heterocycles. The van der Waals surface area contributed by atoms with Crippen molar-refractivity contribution in [2.24, 2.45) is 5.41 Å². The van der Waals surface area contributed by atoms with Crippen LogP contribution in [0.15, 0.2) is 48.8 Å². The van der Waals surface area contributed by atoms with Gasteiger partial charge in [-0.05, 0) is 54.9 Å². The summed E-state index contributed by atoms with van der Waals surface area (Å²) >= 11 is 0. The second kappa shape index (κ2) is 8.87. The summed E-state index contributed by atoms with van der Waals surface area (Å²) in [4.78, 5) is 17.5. The molecule has 1 saturated carbocycles. The van der Waals surface area contributed by atoms with Crippen LogP contribution in [0.1, 0.15) is 50.5 Å². The van der Waals surface area contributed by atoms with Gasteiger partial charge < -0.3 is 10.1 Å². The predicted octanol–water partition coefficient (Wildman–Crippen LogP) is 4.54. The summed E-state index contributed by atoms with van der Waals surface area (Å²) in [6, 6.07) is 13.0. The number of benzene rings is 1. The molecule has 0 unspecified atom stereocenters. The average Bonchev–Trinajstić information content (AvgIpc) is 2.76. The first kappa shape index (κ1) is 19.1. The molecule has 0 atom stereocenters. The molecule has 1 saturated heterocycles. The maximum absolute atomic E-state index is 13.3. The Hall–Kier alpha value is -2.20. The van der Waals surface area contributed by atoms with Crippen molar-refractivity contribution in [3.63, 3.8) is 0 Å². The minimum Gasteiger partial charge on any atom is -0.381 e. The summed E-state index contributed by atoms with van der Waals surface area (Å²) in [6.45, 7) is 1.34. The van der Waals surface area contributed by atoms with Gasteiger partial charge in [-0.2, -0.15) is 0 Å². The van der Waals surface area contributed by atoms with Crippen LogP contribution in [0.3, 0.4) is 0 Å². The third kappa shape index (κ3) is 4.44. The van der Waals surface area contributed by atoms with Gasteiger partial charge in [0.2, 0.25) is 5.91 Å². The van der Waals surface area contributed by atoms with Crippen molar-refractivity contribution < 1.29 is 9.53 Å². The number of nitrogens with one attached hydrogen (secondary N) is 1. The monoisotopic (exact) mass is 378 g/mol. The van der Waals surface area contributed by atoms with E-state index < -0.39 is 0 Å². The summed E-state index contributed by atoms with van der Waals surface area (Å²) in [6.07, 6.45) is 12.1. The fourth-order valence-electron chi connectivity index (χ4n) is 4.57. The zero-order valence-corrected chi connectivity index (χ0v) is 16.5. The van der Waals surface area contributed by atoms with Crippen molar-refractivity contribution >= 4 is 5.91 Å². The molecule has 1 aromatic carbocycles. The number of carbonyl (C=O) groups excluding carboxylic acids is 1. The highest BCUT2D eigenvalue weighted by atomic mass is 16.5. The van der Waals surface area contributed by atoms with E-state index in [1.807, 2.05) is 12.3 Å². The van der Waals surface area contributed by atoms with E-state index in [0.29, 0.717) is 19.3 Å². The van der Waals surface area contributed by atoms with Gasteiger partial charge in [0.15, 0.2) is 0 Å². The van der Waals surface area contributed by atoms with Gasteiger partial charge in [-0.15, -0.1) is 0 Å². The Morgan fingerprint density at radius 2 is 1.79 bits per heavy atom. The molecule has 4 heteroatoms. The van der Waals surface area contributed by atoms with Gasteiger partial charge in [0.1, 0.15) is 0 Å². The zero-order valence-electron chi connectivity index (χ0n) is 16.5. The Kier molecular flexibility index (Phi) is 6.06. The maximum Gasteiger partial charge on any atom is 0.226 e. The van der Waals surface area contributed by atoms with Crippen molar-refractivity contribution in [1.29, 1.82) is 0 Å². The molecule has 148 valence electrons. The van der Waals surface area contributed by atoms with E-state index in [1.54, 1.807) is 6.20 Å². The van der Waals surface area contributed by atoms with E-state index >= 15 is 0 Å². The number of amides is 1. The number of hydrogen-bond donors (Lipinski definition) is 1. The summed E-state index contributed by atoms with van der Waals surface area (Å²) in [5, 5.41) is 3.38. The summed E-state index contributed by atoms with van der Waals surface area (Å²) in [5.41, 5.74) is 3.15. The van der Waals surface area contributed by atoms with E-state index in [-0.39, 0.29) is 11.3 Å². The van der Waals surface area contributed by atoms with Crippen molar-refractivity contribution in [2.45, 2.75) is 57.4 Å². The molecule has 4 nitrogen and oxygen atoms in total. The third-order valence-electron chi connectivity index (χ3n) is 6.36. The summed E-state index contributed by atoms with van der Waals surface area (Å²) < 4.78 is 5.59. The maximum atomic E-state index is 13.3.